The van der Waals surface area contributed by atoms with E-state index >= 15 is 0 Å². The molecule has 0 unspecified atom stereocenters. The van der Waals surface area contributed by atoms with Gasteiger partial charge in [0.25, 0.3) is 5.91 Å². The molecule has 0 saturated carbocycles. The number of halogens is 1. The van der Waals surface area contributed by atoms with Gasteiger partial charge in [0.1, 0.15) is 11.6 Å². The lowest BCUT2D eigenvalue weighted by Gasteiger charge is -2.19. The van der Waals surface area contributed by atoms with Crippen molar-refractivity contribution in [3.05, 3.63) is 53.8 Å². The third-order valence-electron chi connectivity index (χ3n) is 4.38. The van der Waals surface area contributed by atoms with Gasteiger partial charge in [0, 0.05) is 18.8 Å². The second-order valence-electron chi connectivity index (χ2n) is 6.42. The number of rotatable bonds is 10. The Morgan fingerprint density at radius 1 is 1.03 bits per heavy atom. The van der Waals surface area contributed by atoms with Crippen LogP contribution in [0.2, 0.25) is 0 Å². The van der Waals surface area contributed by atoms with Crippen molar-refractivity contribution < 1.29 is 27.1 Å². The Morgan fingerprint density at radius 3 is 2.26 bits per heavy atom. The molecule has 0 fully saturated rings. The molecule has 0 aliphatic rings. The van der Waals surface area contributed by atoms with Gasteiger partial charge in [-0.3, -0.25) is 9.59 Å². The van der Waals surface area contributed by atoms with Crippen LogP contribution in [0, 0.1) is 5.82 Å². The molecule has 0 bridgehead atoms. The Morgan fingerprint density at radius 2 is 1.68 bits per heavy atom. The van der Waals surface area contributed by atoms with Gasteiger partial charge in [-0.05, 0) is 49.4 Å². The fourth-order valence-corrected chi connectivity index (χ4v) is 4.30. The molecule has 0 spiro atoms. The van der Waals surface area contributed by atoms with E-state index in [1.54, 1.807) is 38.1 Å². The average molecular weight is 452 g/mol. The van der Waals surface area contributed by atoms with Gasteiger partial charge in [0.15, 0.2) is 0 Å². The third-order valence-corrected chi connectivity index (χ3v) is 6.43. The summed E-state index contributed by atoms with van der Waals surface area (Å²) in [6, 6.07) is 9.67. The lowest BCUT2D eigenvalue weighted by Crippen LogP contribution is -2.34. The molecule has 0 aliphatic heterocycles. The van der Waals surface area contributed by atoms with E-state index in [1.807, 2.05) is 6.92 Å². The van der Waals surface area contributed by atoms with Gasteiger partial charge in [-0.15, -0.1) is 0 Å². The molecule has 2 amide bonds. The minimum absolute atomic E-state index is 0.193. The predicted molar refractivity (Wildman–Crippen MR) is 115 cm³/mol. The zero-order valence-electron chi connectivity index (χ0n) is 17.6. The van der Waals surface area contributed by atoms with E-state index in [2.05, 4.69) is 10.6 Å². The lowest BCUT2D eigenvalue weighted by molar-refractivity contribution is -0.115. The molecule has 2 aromatic carbocycles. The third kappa shape index (κ3) is 6.25. The van der Waals surface area contributed by atoms with Gasteiger partial charge in [-0.25, -0.2) is 12.8 Å². The normalized spacial score (nSPS) is 11.3. The summed E-state index contributed by atoms with van der Waals surface area (Å²) in [5, 5.41) is 4.90. The van der Waals surface area contributed by atoms with E-state index in [0.29, 0.717) is 18.0 Å². The van der Waals surface area contributed by atoms with Gasteiger partial charge in [0.05, 0.1) is 23.6 Å². The number of hydrogen-bond donors (Lipinski definition) is 2. The molecular formula is C21H26FN3O5S. The largest absolute Gasteiger partial charge is 0.494 e. The first-order valence-corrected chi connectivity index (χ1v) is 11.3. The molecule has 0 aliphatic carbocycles. The maximum absolute atomic E-state index is 14.2. The van der Waals surface area contributed by atoms with E-state index in [9.17, 15) is 22.4 Å². The number of sulfonamides is 1. The maximum Gasteiger partial charge on any atom is 0.254 e. The van der Waals surface area contributed by atoms with E-state index in [-0.39, 0.29) is 18.0 Å². The molecular weight excluding hydrogens is 425 g/mol. The predicted octanol–water partition coefficient (Wildman–Crippen LogP) is 2.62. The molecule has 168 valence electrons. The Balaban J connectivity index is 2.05. The Labute approximate surface area is 181 Å². The van der Waals surface area contributed by atoms with Crippen LogP contribution in [0.5, 0.6) is 5.75 Å². The van der Waals surface area contributed by atoms with E-state index in [0.717, 1.165) is 18.2 Å². The van der Waals surface area contributed by atoms with Crippen molar-refractivity contribution in [2.75, 3.05) is 31.6 Å². The first kappa shape index (κ1) is 24.3. The average Bonchev–Trinajstić information content (AvgIpc) is 2.74. The zero-order valence-corrected chi connectivity index (χ0v) is 18.5. The summed E-state index contributed by atoms with van der Waals surface area (Å²) < 4.78 is 45.9. The summed E-state index contributed by atoms with van der Waals surface area (Å²) in [6.45, 7) is 5.80. The smallest absolute Gasteiger partial charge is 0.254 e. The molecule has 2 aromatic rings. The first-order valence-electron chi connectivity index (χ1n) is 9.83. The summed E-state index contributed by atoms with van der Waals surface area (Å²) in [7, 11) is -3.86. The number of amides is 2. The van der Waals surface area contributed by atoms with E-state index < -0.39 is 39.8 Å². The van der Waals surface area contributed by atoms with Crippen molar-refractivity contribution in [1.29, 1.82) is 0 Å². The van der Waals surface area contributed by atoms with Crippen LogP contribution in [-0.2, 0) is 14.8 Å². The highest BCUT2D eigenvalue weighted by atomic mass is 32.2. The van der Waals surface area contributed by atoms with Crippen molar-refractivity contribution in [3.63, 3.8) is 0 Å². The molecule has 0 radical (unpaired) electrons. The van der Waals surface area contributed by atoms with Crippen molar-refractivity contribution in [1.82, 2.24) is 9.62 Å². The summed E-state index contributed by atoms with van der Waals surface area (Å²) >= 11 is 0. The van der Waals surface area contributed by atoms with Gasteiger partial charge in [0.2, 0.25) is 15.9 Å². The number of anilines is 1. The quantitative estimate of drug-likeness (QED) is 0.578. The van der Waals surface area contributed by atoms with Crippen LogP contribution in [0.15, 0.2) is 47.4 Å². The van der Waals surface area contributed by atoms with E-state index in [1.165, 1.54) is 4.31 Å². The van der Waals surface area contributed by atoms with Gasteiger partial charge < -0.3 is 15.4 Å². The fraction of sp³-hybridized carbons (Fsp3) is 0.333. The Bertz CT molecular complexity index is 1020. The maximum atomic E-state index is 14.2. The summed E-state index contributed by atoms with van der Waals surface area (Å²) in [6.07, 6.45) is 0. The summed E-state index contributed by atoms with van der Waals surface area (Å²) in [5.74, 6) is -1.65. The van der Waals surface area contributed by atoms with Crippen LogP contribution in [0.3, 0.4) is 0 Å². The number of benzene rings is 2. The SMILES string of the molecule is CCOc1ccc(NC(=O)CNC(=O)c2cc(S(=O)(=O)N(CC)CC)ccc2F)cc1. The van der Waals surface area contributed by atoms with Crippen LogP contribution < -0.4 is 15.4 Å². The number of hydrogen-bond acceptors (Lipinski definition) is 5. The molecule has 8 nitrogen and oxygen atoms in total. The first-order chi connectivity index (χ1) is 14.7. The van der Waals surface area contributed by atoms with Gasteiger partial charge in [-0.2, -0.15) is 4.31 Å². The summed E-state index contributed by atoms with van der Waals surface area (Å²) in [4.78, 5) is 24.3. The van der Waals surface area contributed by atoms with Crippen LogP contribution in [-0.4, -0.2) is 50.8 Å². The molecule has 0 atom stereocenters. The second-order valence-corrected chi connectivity index (χ2v) is 8.36. The second kappa shape index (κ2) is 10.9. The minimum atomic E-state index is -3.86. The molecule has 0 aromatic heterocycles. The fourth-order valence-electron chi connectivity index (χ4n) is 2.81. The molecule has 10 heteroatoms. The Kier molecular flexibility index (Phi) is 8.52. The molecule has 2 rings (SSSR count). The highest BCUT2D eigenvalue weighted by molar-refractivity contribution is 7.89. The standard InChI is InChI=1S/C21H26FN3O5S/c1-4-25(5-2)31(28,29)17-11-12-19(22)18(13-17)21(27)23-14-20(26)24-15-7-9-16(10-8-15)30-6-3/h7-13H,4-6,14H2,1-3H3,(H,23,27)(H,24,26). The zero-order chi connectivity index (χ0) is 23.0. The molecule has 2 N–H and O–H groups in total. The molecule has 0 saturated heterocycles. The highest BCUT2D eigenvalue weighted by Gasteiger charge is 2.24. The minimum Gasteiger partial charge on any atom is -0.494 e. The van der Waals surface area contributed by atoms with Crippen LogP contribution in [0.4, 0.5) is 10.1 Å². The number of ether oxygens (including phenoxy) is 1. The molecule has 0 heterocycles. The number of nitrogens with zero attached hydrogens (tertiary/aromatic N) is 1. The molecule has 31 heavy (non-hydrogen) atoms. The lowest BCUT2D eigenvalue weighted by atomic mass is 10.2. The van der Waals surface area contributed by atoms with Crippen molar-refractivity contribution in [2.45, 2.75) is 25.7 Å². The van der Waals surface area contributed by atoms with Crippen LogP contribution in [0.25, 0.3) is 0 Å². The van der Waals surface area contributed by atoms with Gasteiger partial charge >= 0.3 is 0 Å². The topological polar surface area (TPSA) is 105 Å². The van der Waals surface area contributed by atoms with E-state index in [4.69, 9.17) is 4.74 Å². The highest BCUT2D eigenvalue weighted by Crippen LogP contribution is 2.19. The van der Waals surface area contributed by atoms with Crippen molar-refractivity contribution in [2.24, 2.45) is 0 Å². The number of nitrogens with one attached hydrogen (secondary N) is 2. The van der Waals surface area contributed by atoms with Crippen molar-refractivity contribution in [3.8, 4) is 5.75 Å². The van der Waals surface area contributed by atoms with Gasteiger partial charge in [-0.1, -0.05) is 13.8 Å². The Hall–Kier alpha value is -2.98. The summed E-state index contributed by atoms with van der Waals surface area (Å²) in [5.41, 5.74) is 0.0447. The van der Waals surface area contributed by atoms with Crippen molar-refractivity contribution >= 4 is 27.5 Å². The number of carbonyl (C=O) groups excluding carboxylic acids is 2. The van der Waals surface area contributed by atoms with Crippen LogP contribution >= 0.6 is 0 Å². The van der Waals surface area contributed by atoms with Crippen LogP contribution in [0.1, 0.15) is 31.1 Å². The monoisotopic (exact) mass is 451 g/mol. The number of carbonyl (C=O) groups is 2.